The fraction of sp³-hybridized carbons (Fsp3) is 0.357. The molecule has 124 valence electrons. The average molecular weight is 340 g/mol. The third-order valence-electron chi connectivity index (χ3n) is 3.35. The topological polar surface area (TPSA) is 107 Å². The van der Waals surface area contributed by atoms with Crippen LogP contribution in [0.2, 0.25) is 0 Å². The van der Waals surface area contributed by atoms with Crippen LogP contribution in [0.15, 0.2) is 41.4 Å². The van der Waals surface area contributed by atoms with Crippen molar-refractivity contribution in [2.24, 2.45) is 5.92 Å². The third-order valence-corrected chi connectivity index (χ3v) is 5.14. The number of hydrogen-bond acceptors (Lipinski definition) is 6. The van der Waals surface area contributed by atoms with E-state index < -0.39 is 26.6 Å². The Labute approximate surface area is 133 Å². The molecule has 0 aliphatic carbocycles. The predicted octanol–water partition coefficient (Wildman–Crippen LogP) is 1.68. The Hall–Kier alpha value is -2.42. The van der Waals surface area contributed by atoms with Gasteiger partial charge in [0, 0.05) is 31.7 Å². The van der Waals surface area contributed by atoms with Crippen LogP contribution in [0.4, 0.5) is 5.69 Å². The monoisotopic (exact) mass is 340 g/mol. The quantitative estimate of drug-likeness (QED) is 0.458. The summed E-state index contributed by atoms with van der Waals surface area (Å²) < 4.78 is 31.3. The summed E-state index contributed by atoms with van der Waals surface area (Å²) >= 11 is 0. The molecule has 0 fully saturated rings. The summed E-state index contributed by atoms with van der Waals surface area (Å²) in [5.74, 6) is -0.630. The van der Waals surface area contributed by atoms with E-state index in [0.717, 1.165) is 10.4 Å². The highest BCUT2D eigenvalue weighted by Gasteiger charge is 2.32. The van der Waals surface area contributed by atoms with Gasteiger partial charge in [0.05, 0.1) is 11.5 Å². The summed E-state index contributed by atoms with van der Waals surface area (Å²) in [5.41, 5.74) is -0.469. The SMILES string of the molecule is CC(=O)OC[C@@H]1CC=CN(S(=O)(=O)c2ccccc2[N+](=O)[O-])C1. The van der Waals surface area contributed by atoms with Gasteiger partial charge in [0.2, 0.25) is 0 Å². The number of para-hydroxylation sites is 1. The van der Waals surface area contributed by atoms with E-state index in [4.69, 9.17) is 4.74 Å². The van der Waals surface area contributed by atoms with Gasteiger partial charge in [-0.05, 0) is 12.5 Å². The zero-order chi connectivity index (χ0) is 17.0. The zero-order valence-corrected chi connectivity index (χ0v) is 13.2. The number of nitro benzene ring substituents is 1. The molecule has 1 aromatic rings. The molecule has 1 heterocycles. The molecule has 9 heteroatoms. The largest absolute Gasteiger partial charge is 0.465 e. The molecule has 23 heavy (non-hydrogen) atoms. The van der Waals surface area contributed by atoms with Crippen LogP contribution in [-0.2, 0) is 19.6 Å². The van der Waals surface area contributed by atoms with Gasteiger partial charge >= 0.3 is 5.97 Å². The molecule has 0 saturated carbocycles. The van der Waals surface area contributed by atoms with Crippen molar-refractivity contribution in [1.82, 2.24) is 4.31 Å². The van der Waals surface area contributed by atoms with Crippen LogP contribution in [0.3, 0.4) is 0 Å². The lowest BCUT2D eigenvalue weighted by atomic mass is 10.1. The van der Waals surface area contributed by atoms with Crippen LogP contribution in [0.25, 0.3) is 0 Å². The summed E-state index contributed by atoms with van der Waals surface area (Å²) in [5, 5.41) is 11.0. The second-order valence-electron chi connectivity index (χ2n) is 5.09. The van der Waals surface area contributed by atoms with Gasteiger partial charge in [-0.25, -0.2) is 8.42 Å². The summed E-state index contributed by atoms with van der Waals surface area (Å²) in [6.45, 7) is 1.47. The highest BCUT2D eigenvalue weighted by Crippen LogP contribution is 2.28. The smallest absolute Gasteiger partial charge is 0.302 e. The number of esters is 1. The Morgan fingerprint density at radius 1 is 1.43 bits per heavy atom. The maximum atomic E-state index is 12.7. The van der Waals surface area contributed by atoms with Gasteiger partial charge in [-0.1, -0.05) is 18.2 Å². The number of hydrogen-bond donors (Lipinski definition) is 0. The Morgan fingerprint density at radius 2 is 2.13 bits per heavy atom. The number of allylic oxidation sites excluding steroid dienone is 1. The van der Waals surface area contributed by atoms with Crippen LogP contribution in [0, 0.1) is 16.0 Å². The van der Waals surface area contributed by atoms with Crippen LogP contribution in [0.5, 0.6) is 0 Å². The zero-order valence-electron chi connectivity index (χ0n) is 12.4. The van der Waals surface area contributed by atoms with Crippen molar-refractivity contribution in [2.75, 3.05) is 13.2 Å². The first kappa shape index (κ1) is 16.9. The molecule has 1 atom stereocenters. The van der Waals surface area contributed by atoms with Gasteiger partial charge in [-0.3, -0.25) is 19.2 Å². The first-order valence-electron chi connectivity index (χ1n) is 6.87. The fourth-order valence-electron chi connectivity index (χ4n) is 2.25. The first-order chi connectivity index (χ1) is 10.8. The van der Waals surface area contributed by atoms with Gasteiger partial charge < -0.3 is 4.74 Å². The fourth-order valence-corrected chi connectivity index (χ4v) is 3.81. The molecule has 0 aromatic heterocycles. The van der Waals surface area contributed by atoms with Crippen LogP contribution in [-0.4, -0.2) is 36.8 Å². The molecular weight excluding hydrogens is 324 g/mol. The normalized spacial score (nSPS) is 17.8. The van der Waals surface area contributed by atoms with E-state index in [1.165, 1.54) is 31.3 Å². The summed E-state index contributed by atoms with van der Waals surface area (Å²) in [7, 11) is -4.04. The van der Waals surface area contributed by atoms with Crippen molar-refractivity contribution in [2.45, 2.75) is 18.2 Å². The van der Waals surface area contributed by atoms with E-state index in [1.807, 2.05) is 0 Å². The highest BCUT2D eigenvalue weighted by molar-refractivity contribution is 7.89. The number of benzene rings is 1. The molecule has 0 amide bonds. The van der Waals surface area contributed by atoms with Crippen molar-refractivity contribution >= 4 is 21.7 Å². The van der Waals surface area contributed by atoms with Crippen LogP contribution < -0.4 is 0 Å². The first-order valence-corrected chi connectivity index (χ1v) is 8.31. The predicted molar refractivity (Wildman–Crippen MR) is 80.9 cm³/mol. The number of sulfonamides is 1. The molecule has 0 saturated heterocycles. The maximum absolute atomic E-state index is 12.7. The van der Waals surface area contributed by atoms with E-state index in [1.54, 1.807) is 6.08 Å². The van der Waals surface area contributed by atoms with Gasteiger partial charge in [0.15, 0.2) is 4.90 Å². The summed E-state index contributed by atoms with van der Waals surface area (Å²) in [6.07, 6.45) is 3.59. The van der Waals surface area contributed by atoms with Gasteiger partial charge in [-0.15, -0.1) is 0 Å². The Morgan fingerprint density at radius 3 is 2.78 bits per heavy atom. The van der Waals surface area contributed by atoms with Crippen molar-refractivity contribution in [3.8, 4) is 0 Å². The minimum atomic E-state index is -4.04. The van der Waals surface area contributed by atoms with Crippen LogP contribution >= 0.6 is 0 Å². The number of rotatable bonds is 5. The van der Waals surface area contributed by atoms with E-state index >= 15 is 0 Å². The molecule has 2 rings (SSSR count). The number of nitro groups is 1. The maximum Gasteiger partial charge on any atom is 0.302 e. The Balaban J connectivity index is 2.26. The second-order valence-corrected chi connectivity index (χ2v) is 6.95. The van der Waals surface area contributed by atoms with Gasteiger partial charge in [0.1, 0.15) is 0 Å². The number of ether oxygens (including phenoxy) is 1. The molecule has 0 N–H and O–H groups in total. The average Bonchev–Trinajstić information content (AvgIpc) is 2.53. The number of carbonyl (C=O) groups excluding carboxylic acids is 1. The summed E-state index contributed by atoms with van der Waals surface area (Å²) in [4.78, 5) is 20.8. The van der Waals surface area contributed by atoms with E-state index in [0.29, 0.717) is 6.42 Å². The summed E-state index contributed by atoms with van der Waals surface area (Å²) in [6, 6.07) is 5.20. The van der Waals surface area contributed by atoms with Crippen molar-refractivity contribution in [3.05, 3.63) is 46.7 Å². The lowest BCUT2D eigenvalue weighted by Gasteiger charge is -2.28. The Kier molecular flexibility index (Phi) is 4.99. The van der Waals surface area contributed by atoms with E-state index in [-0.39, 0.29) is 24.0 Å². The molecule has 0 unspecified atom stereocenters. The van der Waals surface area contributed by atoms with E-state index in [9.17, 15) is 23.3 Å². The third kappa shape index (κ3) is 3.86. The van der Waals surface area contributed by atoms with Gasteiger partial charge in [-0.2, -0.15) is 0 Å². The molecular formula is C14H16N2O6S. The molecule has 1 aliphatic heterocycles. The van der Waals surface area contributed by atoms with Crippen molar-refractivity contribution in [3.63, 3.8) is 0 Å². The van der Waals surface area contributed by atoms with E-state index in [2.05, 4.69) is 0 Å². The standard InChI is InChI=1S/C14H16N2O6S/c1-11(17)22-10-12-5-4-8-15(9-12)23(20,21)14-7-3-2-6-13(14)16(18)19/h2-4,6-8,12H,5,9-10H2,1H3/t12-/m1/s1. The van der Waals surface area contributed by atoms with Crippen molar-refractivity contribution < 1.29 is 22.9 Å². The molecule has 0 bridgehead atoms. The Bertz CT molecular complexity index is 743. The molecule has 0 spiro atoms. The minimum absolute atomic E-state index is 0.0954. The number of nitrogens with zero attached hydrogens (tertiary/aromatic N) is 2. The molecule has 8 nitrogen and oxygen atoms in total. The lowest BCUT2D eigenvalue weighted by molar-refractivity contribution is -0.387. The molecule has 1 aromatic carbocycles. The van der Waals surface area contributed by atoms with Crippen LogP contribution in [0.1, 0.15) is 13.3 Å². The molecule has 1 aliphatic rings. The molecule has 0 radical (unpaired) electrons. The highest BCUT2D eigenvalue weighted by atomic mass is 32.2. The van der Waals surface area contributed by atoms with Crippen molar-refractivity contribution in [1.29, 1.82) is 0 Å². The minimum Gasteiger partial charge on any atom is -0.465 e. The lowest BCUT2D eigenvalue weighted by Crippen LogP contribution is -2.35. The number of carbonyl (C=O) groups is 1. The second kappa shape index (κ2) is 6.78. The van der Waals surface area contributed by atoms with Gasteiger partial charge in [0.25, 0.3) is 15.7 Å².